The molecule has 1 heterocycles. The summed E-state index contributed by atoms with van der Waals surface area (Å²) in [6.07, 6.45) is 2.41. The molecule has 172 valence electrons. The highest BCUT2D eigenvalue weighted by Crippen LogP contribution is 2.36. The van der Waals surface area contributed by atoms with Crippen molar-refractivity contribution in [1.29, 1.82) is 0 Å². The highest BCUT2D eigenvalue weighted by atomic mass is 16.6. The third kappa shape index (κ3) is 7.11. The molecule has 30 heavy (non-hydrogen) atoms. The summed E-state index contributed by atoms with van der Waals surface area (Å²) in [5, 5.41) is 0. The van der Waals surface area contributed by atoms with Gasteiger partial charge in [0.05, 0.1) is 17.7 Å². The van der Waals surface area contributed by atoms with Crippen molar-refractivity contribution in [1.82, 2.24) is 4.90 Å². The van der Waals surface area contributed by atoms with Crippen molar-refractivity contribution in [2.24, 2.45) is 16.3 Å². The summed E-state index contributed by atoms with van der Waals surface area (Å²) in [7, 11) is 0. The molecule has 0 aromatic heterocycles. The largest absolute Gasteiger partial charge is 0.461 e. The van der Waals surface area contributed by atoms with E-state index in [0.29, 0.717) is 17.4 Å². The van der Waals surface area contributed by atoms with E-state index >= 15 is 0 Å². The second-order valence-corrected chi connectivity index (χ2v) is 11.2. The molecule has 2 aliphatic rings. The quantitative estimate of drug-likeness (QED) is 0.409. The highest BCUT2D eigenvalue weighted by Gasteiger charge is 2.38. The number of hydrogen-bond donors (Lipinski definition) is 0. The van der Waals surface area contributed by atoms with Gasteiger partial charge in [-0.25, -0.2) is 4.79 Å². The molecule has 0 aromatic rings. The molecule has 0 N–H and O–H groups in total. The van der Waals surface area contributed by atoms with E-state index in [1.54, 1.807) is 0 Å². The molecule has 0 spiro atoms. The first kappa shape index (κ1) is 24.9. The van der Waals surface area contributed by atoms with Gasteiger partial charge < -0.3 is 14.4 Å². The van der Waals surface area contributed by atoms with Gasteiger partial charge in [0.15, 0.2) is 6.10 Å². The number of aliphatic imine (C=N–C) groups is 1. The number of likely N-dealkylation sites (tertiary alicyclic amines) is 1. The first-order chi connectivity index (χ1) is 13.7. The van der Waals surface area contributed by atoms with Crippen molar-refractivity contribution < 1.29 is 14.3 Å². The molecule has 1 unspecified atom stereocenters. The van der Waals surface area contributed by atoms with E-state index in [9.17, 15) is 4.79 Å². The molecule has 1 saturated heterocycles. The predicted octanol–water partition coefficient (Wildman–Crippen LogP) is 5.39. The lowest BCUT2D eigenvalue weighted by Crippen LogP contribution is -2.42. The van der Waals surface area contributed by atoms with Crippen LogP contribution in [-0.4, -0.2) is 53.5 Å². The van der Waals surface area contributed by atoms with Gasteiger partial charge in [0.25, 0.3) is 0 Å². The van der Waals surface area contributed by atoms with Crippen LogP contribution in [0.15, 0.2) is 16.3 Å². The number of ether oxygens (including phenoxy) is 2. The second-order valence-electron chi connectivity index (χ2n) is 11.2. The lowest BCUT2D eigenvalue weighted by atomic mass is 9.82. The zero-order valence-electron chi connectivity index (χ0n) is 21.0. The van der Waals surface area contributed by atoms with Crippen molar-refractivity contribution in [2.75, 3.05) is 13.1 Å². The van der Waals surface area contributed by atoms with Crippen LogP contribution in [0.3, 0.4) is 0 Å². The van der Waals surface area contributed by atoms with Crippen molar-refractivity contribution in [3.63, 3.8) is 0 Å². The predicted molar refractivity (Wildman–Crippen MR) is 124 cm³/mol. The fourth-order valence-electron chi connectivity index (χ4n) is 3.93. The molecule has 0 amide bonds. The summed E-state index contributed by atoms with van der Waals surface area (Å²) in [6.45, 7) is 22.7. The molecule has 1 aliphatic carbocycles. The summed E-state index contributed by atoms with van der Waals surface area (Å²) < 4.78 is 12.0. The number of esters is 1. The topological polar surface area (TPSA) is 51.1 Å². The van der Waals surface area contributed by atoms with E-state index < -0.39 is 11.7 Å². The molecule has 1 aliphatic heterocycles. The van der Waals surface area contributed by atoms with Crippen LogP contribution in [0.4, 0.5) is 0 Å². The van der Waals surface area contributed by atoms with E-state index in [1.807, 2.05) is 41.5 Å². The monoisotopic (exact) mass is 420 g/mol. The molecular formula is C25H44N2O3. The number of carbonyl (C=O) groups excluding carboxylic acids is 1. The Bertz CT molecular complexity index is 675. The summed E-state index contributed by atoms with van der Waals surface area (Å²) in [5.41, 5.74) is 2.76. The molecule has 0 aromatic carbocycles. The van der Waals surface area contributed by atoms with Crippen LogP contribution in [-0.2, 0) is 14.3 Å². The third-order valence-corrected chi connectivity index (χ3v) is 6.10. The van der Waals surface area contributed by atoms with Crippen LogP contribution in [0.1, 0.15) is 88.5 Å². The van der Waals surface area contributed by atoms with E-state index in [-0.39, 0.29) is 12.1 Å². The molecule has 0 radical (unpaired) electrons. The Morgan fingerprint density at radius 2 is 1.67 bits per heavy atom. The van der Waals surface area contributed by atoms with Gasteiger partial charge in [-0.2, -0.15) is 0 Å². The number of carbonyl (C=O) groups is 1. The van der Waals surface area contributed by atoms with Gasteiger partial charge in [0, 0.05) is 30.1 Å². The zero-order valence-corrected chi connectivity index (χ0v) is 21.0. The molecular weight excluding hydrogens is 376 g/mol. The molecule has 2 fully saturated rings. The smallest absolute Gasteiger partial charge is 0.340 e. The number of allylic oxidation sites excluding steroid dienone is 1. The van der Waals surface area contributed by atoms with Crippen LogP contribution in [0.2, 0.25) is 0 Å². The Kier molecular flexibility index (Phi) is 7.82. The van der Waals surface area contributed by atoms with Crippen molar-refractivity contribution in [3.8, 4) is 0 Å². The molecule has 3 atom stereocenters. The number of nitrogens with zero attached hydrogens (tertiary/aromatic N) is 2. The normalized spacial score (nSPS) is 26.4. The van der Waals surface area contributed by atoms with Crippen LogP contribution in [0.25, 0.3) is 0 Å². The standard InChI is InChI=1S/C25H44N2O3/c1-16(2)29-23(28)22(30-24(6,7)8)21(18(4)26-20-15-17(20)3)19(5)27-13-11-25(9,10)12-14-27/h16-17,20,22H,11-15H2,1-10H3/b21-19-,26-18-/t17?,20-,22+/m1/s1. The van der Waals surface area contributed by atoms with Crippen molar-refractivity contribution >= 4 is 11.7 Å². The van der Waals surface area contributed by atoms with E-state index in [1.165, 1.54) is 0 Å². The Hall–Kier alpha value is -1.36. The number of rotatable bonds is 7. The number of piperidine rings is 1. The first-order valence-corrected chi connectivity index (χ1v) is 11.6. The average molecular weight is 421 g/mol. The van der Waals surface area contributed by atoms with Gasteiger partial charge in [0.1, 0.15) is 0 Å². The average Bonchev–Trinajstić information content (AvgIpc) is 3.26. The van der Waals surface area contributed by atoms with E-state index in [2.05, 4.69) is 32.6 Å². The van der Waals surface area contributed by atoms with Gasteiger partial charge in [-0.15, -0.1) is 0 Å². The first-order valence-electron chi connectivity index (χ1n) is 11.6. The van der Waals surface area contributed by atoms with Gasteiger partial charge in [0.2, 0.25) is 0 Å². The van der Waals surface area contributed by atoms with Crippen LogP contribution >= 0.6 is 0 Å². The van der Waals surface area contributed by atoms with E-state index in [0.717, 1.165) is 49.3 Å². The Labute approximate surface area is 184 Å². The molecule has 0 bridgehead atoms. The van der Waals surface area contributed by atoms with Crippen LogP contribution in [0, 0.1) is 11.3 Å². The maximum absolute atomic E-state index is 13.2. The Balaban J connectivity index is 2.47. The fraction of sp³-hybridized carbons (Fsp3) is 0.840. The third-order valence-electron chi connectivity index (χ3n) is 6.10. The zero-order chi connectivity index (χ0) is 22.9. The van der Waals surface area contributed by atoms with Crippen LogP contribution in [0.5, 0.6) is 0 Å². The lowest BCUT2D eigenvalue weighted by molar-refractivity contribution is -0.165. The lowest BCUT2D eigenvalue weighted by Gasteiger charge is -2.40. The minimum Gasteiger partial charge on any atom is -0.461 e. The van der Waals surface area contributed by atoms with Crippen molar-refractivity contribution in [3.05, 3.63) is 11.3 Å². The SMILES string of the molecule is CC(=N/[C@@H]1CC1C)/C(=C(\C)N1CCC(C)(C)CC1)[C@H](OC(C)(C)C)C(=O)OC(C)C. The summed E-state index contributed by atoms with van der Waals surface area (Å²) in [4.78, 5) is 20.5. The maximum atomic E-state index is 13.2. The van der Waals surface area contributed by atoms with Gasteiger partial charge >= 0.3 is 5.97 Å². The van der Waals surface area contributed by atoms with E-state index in [4.69, 9.17) is 14.5 Å². The van der Waals surface area contributed by atoms with Crippen LogP contribution < -0.4 is 0 Å². The van der Waals surface area contributed by atoms with Gasteiger partial charge in [-0.1, -0.05) is 20.8 Å². The second kappa shape index (κ2) is 9.42. The molecule has 1 saturated carbocycles. The van der Waals surface area contributed by atoms with Gasteiger partial charge in [-0.05, 0) is 79.1 Å². The summed E-state index contributed by atoms with van der Waals surface area (Å²) >= 11 is 0. The number of hydrogen-bond acceptors (Lipinski definition) is 5. The Morgan fingerprint density at radius 3 is 2.10 bits per heavy atom. The molecule has 5 nitrogen and oxygen atoms in total. The van der Waals surface area contributed by atoms with Gasteiger partial charge in [-0.3, -0.25) is 4.99 Å². The molecule has 2 rings (SSSR count). The summed E-state index contributed by atoms with van der Waals surface area (Å²) in [5.74, 6) is 0.284. The minimum absolute atomic E-state index is 0.193. The fourth-order valence-corrected chi connectivity index (χ4v) is 3.93. The maximum Gasteiger partial charge on any atom is 0.340 e. The Morgan fingerprint density at radius 1 is 1.13 bits per heavy atom. The molecule has 5 heteroatoms. The van der Waals surface area contributed by atoms with Crippen molar-refractivity contribution in [2.45, 2.75) is 112 Å². The minimum atomic E-state index is -0.778. The summed E-state index contributed by atoms with van der Waals surface area (Å²) in [6, 6.07) is 0.351. The highest BCUT2D eigenvalue weighted by molar-refractivity contribution is 6.04.